The molecule has 5 rings (SSSR count). The second kappa shape index (κ2) is 9.36. The zero-order valence-electron chi connectivity index (χ0n) is 18.8. The van der Waals surface area contributed by atoms with Gasteiger partial charge in [-0.1, -0.05) is 0 Å². The van der Waals surface area contributed by atoms with Crippen LogP contribution in [0.1, 0.15) is 24.1 Å². The number of rotatable bonds is 6. The molecule has 1 fully saturated rings. The van der Waals surface area contributed by atoms with E-state index in [1.807, 2.05) is 23.8 Å². The van der Waals surface area contributed by atoms with E-state index in [1.54, 1.807) is 18.2 Å². The van der Waals surface area contributed by atoms with E-state index in [0.29, 0.717) is 49.5 Å². The number of likely N-dealkylation sites (tertiary alicyclic amines) is 1. The van der Waals surface area contributed by atoms with E-state index in [4.69, 9.17) is 9.47 Å². The molecule has 0 spiro atoms. The number of nitrogens with one attached hydrogen (secondary N) is 1. The fourth-order valence-electron chi connectivity index (χ4n) is 4.54. The third kappa shape index (κ3) is 4.79. The molecular weight excluding hydrogens is 422 g/mol. The van der Waals surface area contributed by atoms with Gasteiger partial charge in [-0.05, 0) is 50.6 Å². The molecule has 2 aliphatic heterocycles. The number of pyridine rings is 3. The Morgan fingerprint density at radius 2 is 1.94 bits per heavy atom. The predicted octanol–water partition coefficient (Wildman–Crippen LogP) is 1.36. The van der Waals surface area contributed by atoms with E-state index in [-0.39, 0.29) is 5.56 Å². The number of nitrogens with zero attached hydrogens (tertiary/aromatic N) is 4. The number of hydrogen-bond acceptors (Lipinski definition) is 7. The lowest BCUT2D eigenvalue weighted by molar-refractivity contribution is -0.615. The molecule has 3 aromatic heterocycles. The summed E-state index contributed by atoms with van der Waals surface area (Å²) in [6, 6.07) is 7.53. The summed E-state index contributed by atoms with van der Waals surface area (Å²) >= 11 is 0. The highest BCUT2D eigenvalue weighted by atomic mass is 16.6. The van der Waals surface area contributed by atoms with Crippen molar-refractivity contribution in [3.05, 3.63) is 63.5 Å². The Morgan fingerprint density at radius 1 is 1.15 bits per heavy atom. The molecule has 0 aliphatic carbocycles. The number of piperidine rings is 1. The highest BCUT2D eigenvalue weighted by Crippen LogP contribution is 2.28. The Balaban J connectivity index is 1.14. The largest absolute Gasteiger partial charge is 0.618 e. The fraction of sp³-hybridized carbons (Fsp3) is 0.458. The second-order valence-corrected chi connectivity index (χ2v) is 8.75. The lowest BCUT2D eigenvalue weighted by Crippen LogP contribution is -2.45. The van der Waals surface area contributed by atoms with E-state index >= 15 is 0 Å². The van der Waals surface area contributed by atoms with Gasteiger partial charge in [0.2, 0.25) is 17.6 Å². The van der Waals surface area contributed by atoms with Gasteiger partial charge in [-0.25, -0.2) is 0 Å². The summed E-state index contributed by atoms with van der Waals surface area (Å²) in [5.41, 5.74) is 3.42. The van der Waals surface area contributed by atoms with Crippen molar-refractivity contribution in [2.75, 3.05) is 32.8 Å². The van der Waals surface area contributed by atoms with Crippen molar-refractivity contribution >= 4 is 11.0 Å². The van der Waals surface area contributed by atoms with Crippen LogP contribution in [0.3, 0.4) is 0 Å². The molecule has 5 heterocycles. The Labute approximate surface area is 192 Å². The van der Waals surface area contributed by atoms with Gasteiger partial charge in [0.15, 0.2) is 5.75 Å². The number of aryl methyl sites for hydroxylation is 1. The Kier molecular flexibility index (Phi) is 6.15. The molecule has 0 radical (unpaired) electrons. The molecule has 1 N–H and O–H groups in total. The Morgan fingerprint density at radius 3 is 2.76 bits per heavy atom. The lowest BCUT2D eigenvalue weighted by Gasteiger charge is -2.32. The summed E-state index contributed by atoms with van der Waals surface area (Å²) in [7, 11) is 0. The summed E-state index contributed by atoms with van der Waals surface area (Å²) in [5.74, 6) is 1.14. The minimum absolute atomic E-state index is 0.0109. The quantitative estimate of drug-likeness (QED) is 0.447. The summed E-state index contributed by atoms with van der Waals surface area (Å²) < 4.78 is 13.7. The number of ether oxygens (including phenoxy) is 2. The fourth-order valence-corrected chi connectivity index (χ4v) is 4.54. The molecule has 0 aromatic carbocycles. The number of fused-ring (bicyclic) bond motifs is 2. The number of aromatic nitrogens is 3. The zero-order chi connectivity index (χ0) is 22.8. The van der Waals surface area contributed by atoms with E-state index in [0.717, 1.165) is 53.8 Å². The SMILES string of the molecule is Cc1cnc2ccc(=O)n(CCN3CCC(NCc4cc5c(c[n+]4[O-])OCCO5)CC3)c2c1. The van der Waals surface area contributed by atoms with E-state index in [1.165, 1.54) is 6.20 Å². The van der Waals surface area contributed by atoms with Crippen molar-refractivity contribution in [3.63, 3.8) is 0 Å². The van der Waals surface area contributed by atoms with E-state index in [9.17, 15) is 10.0 Å². The maximum atomic E-state index is 12.5. The third-order valence-corrected chi connectivity index (χ3v) is 6.43. The van der Waals surface area contributed by atoms with Crippen LogP contribution in [0, 0.1) is 12.1 Å². The van der Waals surface area contributed by atoms with Gasteiger partial charge < -0.3 is 29.5 Å². The first-order valence-corrected chi connectivity index (χ1v) is 11.5. The maximum Gasteiger partial charge on any atom is 0.251 e. The molecular formula is C24H29N5O4. The molecule has 0 bridgehead atoms. The van der Waals surface area contributed by atoms with Crippen LogP contribution in [0.15, 0.2) is 41.5 Å². The van der Waals surface area contributed by atoms with Gasteiger partial charge in [0.25, 0.3) is 5.56 Å². The Bertz CT molecular complexity index is 1200. The van der Waals surface area contributed by atoms with Gasteiger partial charge >= 0.3 is 0 Å². The molecule has 0 saturated carbocycles. The molecule has 0 unspecified atom stereocenters. The zero-order valence-corrected chi connectivity index (χ0v) is 18.8. The molecule has 0 amide bonds. The van der Waals surface area contributed by atoms with Crippen molar-refractivity contribution in [3.8, 4) is 11.5 Å². The standard InChI is InChI=1S/C24H29N5O4/c1-17-12-21-20(26-14-17)2-3-24(30)28(21)9-8-27-6-4-18(5-7-27)25-15-19-13-22-23(16-29(19)31)33-11-10-32-22/h2-3,12-14,16,18,25H,4-11,15H2,1H3. The summed E-state index contributed by atoms with van der Waals surface area (Å²) in [4.78, 5) is 19.3. The molecule has 9 nitrogen and oxygen atoms in total. The van der Waals surface area contributed by atoms with Crippen LogP contribution in [0.2, 0.25) is 0 Å². The van der Waals surface area contributed by atoms with Crippen molar-refractivity contribution in [1.29, 1.82) is 0 Å². The van der Waals surface area contributed by atoms with Crippen LogP contribution < -0.4 is 25.1 Å². The van der Waals surface area contributed by atoms with E-state index in [2.05, 4.69) is 15.2 Å². The first-order valence-electron chi connectivity index (χ1n) is 11.5. The smallest absolute Gasteiger partial charge is 0.251 e. The van der Waals surface area contributed by atoms with Crippen LogP contribution in [-0.2, 0) is 13.1 Å². The van der Waals surface area contributed by atoms with Gasteiger partial charge in [-0.2, -0.15) is 4.73 Å². The first-order chi connectivity index (χ1) is 16.1. The van der Waals surface area contributed by atoms with E-state index < -0.39 is 0 Å². The minimum Gasteiger partial charge on any atom is -0.618 e. The normalized spacial score (nSPS) is 16.9. The van der Waals surface area contributed by atoms with Crippen molar-refractivity contribution in [1.82, 2.24) is 19.8 Å². The summed E-state index contributed by atoms with van der Waals surface area (Å²) in [6.45, 7) is 6.82. The van der Waals surface area contributed by atoms with Gasteiger partial charge in [-0.15, -0.1) is 0 Å². The average molecular weight is 452 g/mol. The highest BCUT2D eigenvalue weighted by molar-refractivity contribution is 5.74. The monoisotopic (exact) mass is 451 g/mol. The molecule has 0 atom stereocenters. The van der Waals surface area contributed by atoms with Crippen LogP contribution in [-0.4, -0.2) is 53.3 Å². The molecule has 1 saturated heterocycles. The molecule has 9 heteroatoms. The van der Waals surface area contributed by atoms with Crippen molar-refractivity contribution < 1.29 is 14.2 Å². The molecule has 174 valence electrons. The maximum absolute atomic E-state index is 12.5. The van der Waals surface area contributed by atoms with Gasteiger partial charge in [0.1, 0.15) is 13.2 Å². The van der Waals surface area contributed by atoms with Crippen LogP contribution in [0.4, 0.5) is 0 Å². The molecule has 3 aromatic rings. The van der Waals surface area contributed by atoms with Crippen molar-refractivity contribution in [2.45, 2.75) is 38.9 Å². The number of hydrogen-bond donors (Lipinski definition) is 1. The summed E-state index contributed by atoms with van der Waals surface area (Å²) in [6.07, 6.45) is 5.26. The van der Waals surface area contributed by atoms with Gasteiger partial charge in [-0.3, -0.25) is 9.78 Å². The third-order valence-electron chi connectivity index (χ3n) is 6.43. The Hall–Kier alpha value is -3.17. The van der Waals surface area contributed by atoms with Crippen LogP contribution in [0.25, 0.3) is 11.0 Å². The van der Waals surface area contributed by atoms with Gasteiger partial charge in [0, 0.05) is 31.4 Å². The first kappa shape index (κ1) is 21.7. The average Bonchev–Trinajstić information content (AvgIpc) is 2.83. The van der Waals surface area contributed by atoms with Gasteiger partial charge in [0.05, 0.1) is 23.6 Å². The molecule has 2 aliphatic rings. The lowest BCUT2D eigenvalue weighted by atomic mass is 10.0. The predicted molar refractivity (Wildman–Crippen MR) is 123 cm³/mol. The highest BCUT2D eigenvalue weighted by Gasteiger charge is 2.22. The minimum atomic E-state index is 0.0109. The van der Waals surface area contributed by atoms with Crippen LogP contribution in [0.5, 0.6) is 11.5 Å². The van der Waals surface area contributed by atoms with Crippen LogP contribution >= 0.6 is 0 Å². The topological polar surface area (TPSA) is 95.6 Å². The van der Waals surface area contributed by atoms with Crippen molar-refractivity contribution in [2.24, 2.45) is 0 Å². The molecule has 33 heavy (non-hydrogen) atoms. The second-order valence-electron chi connectivity index (χ2n) is 8.75. The summed E-state index contributed by atoms with van der Waals surface area (Å²) in [5, 5.41) is 15.8.